The molecule has 0 aromatic rings. The van der Waals surface area contributed by atoms with Gasteiger partial charge in [0.1, 0.15) is 0 Å². The topological polar surface area (TPSA) is 40.5 Å². The van der Waals surface area contributed by atoms with Crippen LogP contribution in [0.15, 0.2) is 24.3 Å². The van der Waals surface area contributed by atoms with Crippen molar-refractivity contribution in [3.8, 4) is 0 Å². The first-order valence-corrected chi connectivity index (χ1v) is 4.19. The van der Waals surface area contributed by atoms with Crippen molar-refractivity contribution < 1.29 is 10.2 Å². The van der Waals surface area contributed by atoms with E-state index in [2.05, 4.69) is 6.58 Å². The summed E-state index contributed by atoms with van der Waals surface area (Å²) in [5.41, 5.74) is 0.894. The largest absolute Gasteiger partial charge is 0.392 e. The number of aliphatic hydroxyl groups is 2. The normalized spacial score (nSPS) is 17.2. The molecule has 0 spiro atoms. The van der Waals surface area contributed by atoms with Crippen LogP contribution in [0.25, 0.3) is 0 Å². The van der Waals surface area contributed by atoms with E-state index in [4.69, 9.17) is 5.11 Å². The Morgan fingerprint density at radius 2 is 2.17 bits per heavy atom. The van der Waals surface area contributed by atoms with Crippen molar-refractivity contribution in [2.45, 2.75) is 26.4 Å². The summed E-state index contributed by atoms with van der Waals surface area (Å²) < 4.78 is 0. The van der Waals surface area contributed by atoms with E-state index in [1.165, 1.54) is 0 Å². The molecule has 2 nitrogen and oxygen atoms in total. The Balaban J connectivity index is 3.84. The van der Waals surface area contributed by atoms with Crippen LogP contribution in [0.4, 0.5) is 0 Å². The van der Waals surface area contributed by atoms with Crippen LogP contribution in [-0.4, -0.2) is 22.9 Å². The fourth-order valence-electron chi connectivity index (χ4n) is 0.758. The van der Waals surface area contributed by atoms with Gasteiger partial charge in [-0.2, -0.15) is 0 Å². The third-order valence-electron chi connectivity index (χ3n) is 1.94. The lowest BCUT2D eigenvalue weighted by molar-refractivity contribution is 0.140. The molecule has 0 saturated heterocycles. The monoisotopic (exact) mass is 170 g/mol. The van der Waals surface area contributed by atoms with Gasteiger partial charge >= 0.3 is 0 Å². The maximum atomic E-state index is 9.46. The molecular formula is C10H18O2. The Morgan fingerprint density at radius 1 is 1.58 bits per heavy atom. The zero-order valence-electron chi connectivity index (χ0n) is 7.83. The number of aliphatic hydroxyl groups excluding tert-OH is 2. The summed E-state index contributed by atoms with van der Waals surface area (Å²) in [6.07, 6.45) is 3.78. The third kappa shape index (κ3) is 4.31. The Hall–Kier alpha value is -0.600. The molecule has 0 saturated carbocycles. The van der Waals surface area contributed by atoms with E-state index in [1.54, 1.807) is 6.08 Å². The third-order valence-corrected chi connectivity index (χ3v) is 1.94. The molecule has 12 heavy (non-hydrogen) atoms. The fraction of sp³-hybridized carbons (Fsp3) is 0.600. The molecule has 0 bridgehead atoms. The van der Waals surface area contributed by atoms with E-state index >= 15 is 0 Å². The molecule has 0 fully saturated rings. The fourth-order valence-corrected chi connectivity index (χ4v) is 0.758. The first kappa shape index (κ1) is 11.4. The molecule has 2 N–H and O–H groups in total. The Kier molecular flexibility index (Phi) is 5.68. The molecule has 0 aliphatic carbocycles. The molecule has 0 aromatic carbocycles. The SMILES string of the molecule is C=CC(C)C(O)CC=C(C)CO. The van der Waals surface area contributed by atoms with Gasteiger partial charge in [0.05, 0.1) is 12.7 Å². The first-order valence-electron chi connectivity index (χ1n) is 4.19. The second-order valence-corrected chi connectivity index (χ2v) is 3.11. The molecule has 0 aliphatic rings. The van der Waals surface area contributed by atoms with Crippen molar-refractivity contribution in [2.24, 2.45) is 5.92 Å². The number of hydrogen-bond donors (Lipinski definition) is 2. The van der Waals surface area contributed by atoms with Gasteiger partial charge in [-0.05, 0) is 19.3 Å². The van der Waals surface area contributed by atoms with Crippen LogP contribution in [0, 0.1) is 5.92 Å². The molecule has 2 unspecified atom stereocenters. The van der Waals surface area contributed by atoms with Gasteiger partial charge in [0.25, 0.3) is 0 Å². The second-order valence-electron chi connectivity index (χ2n) is 3.11. The van der Waals surface area contributed by atoms with Crippen molar-refractivity contribution in [1.82, 2.24) is 0 Å². The van der Waals surface area contributed by atoms with Crippen LogP contribution in [0.3, 0.4) is 0 Å². The lowest BCUT2D eigenvalue weighted by Gasteiger charge is -2.12. The highest BCUT2D eigenvalue weighted by Crippen LogP contribution is 2.09. The van der Waals surface area contributed by atoms with Crippen molar-refractivity contribution in [3.63, 3.8) is 0 Å². The van der Waals surface area contributed by atoms with Gasteiger partial charge in [0.2, 0.25) is 0 Å². The van der Waals surface area contributed by atoms with Gasteiger partial charge in [0.15, 0.2) is 0 Å². The number of rotatable bonds is 5. The summed E-state index contributed by atoms with van der Waals surface area (Å²) in [7, 11) is 0. The maximum absolute atomic E-state index is 9.46. The lowest BCUT2D eigenvalue weighted by atomic mass is 10.0. The Labute approximate surface area is 74.2 Å². The zero-order valence-corrected chi connectivity index (χ0v) is 7.83. The molecule has 0 aliphatic heterocycles. The van der Waals surface area contributed by atoms with E-state index in [0.717, 1.165) is 5.57 Å². The van der Waals surface area contributed by atoms with E-state index in [1.807, 2.05) is 19.9 Å². The minimum atomic E-state index is -0.385. The maximum Gasteiger partial charge on any atom is 0.0639 e. The molecule has 0 rings (SSSR count). The van der Waals surface area contributed by atoms with Crippen LogP contribution in [-0.2, 0) is 0 Å². The van der Waals surface area contributed by atoms with Crippen LogP contribution >= 0.6 is 0 Å². The quantitative estimate of drug-likeness (QED) is 0.614. The molecule has 0 amide bonds. The van der Waals surface area contributed by atoms with Crippen LogP contribution in [0.5, 0.6) is 0 Å². The summed E-state index contributed by atoms with van der Waals surface area (Å²) in [5.74, 6) is 0.104. The summed E-state index contributed by atoms with van der Waals surface area (Å²) in [6.45, 7) is 7.42. The van der Waals surface area contributed by atoms with Gasteiger partial charge in [-0.3, -0.25) is 0 Å². The Bertz CT molecular complexity index is 161. The average Bonchev–Trinajstić information content (AvgIpc) is 2.11. The van der Waals surface area contributed by atoms with E-state index in [9.17, 15) is 5.11 Å². The predicted molar refractivity (Wildman–Crippen MR) is 50.8 cm³/mol. The van der Waals surface area contributed by atoms with Gasteiger partial charge < -0.3 is 10.2 Å². The molecule has 0 radical (unpaired) electrons. The van der Waals surface area contributed by atoms with E-state index < -0.39 is 0 Å². The molecule has 0 heterocycles. The van der Waals surface area contributed by atoms with Crippen LogP contribution in [0.2, 0.25) is 0 Å². The summed E-state index contributed by atoms with van der Waals surface area (Å²) in [5, 5.41) is 18.1. The summed E-state index contributed by atoms with van der Waals surface area (Å²) in [4.78, 5) is 0. The molecule has 2 atom stereocenters. The first-order chi connectivity index (χ1) is 5.61. The van der Waals surface area contributed by atoms with E-state index in [0.29, 0.717) is 6.42 Å². The minimum Gasteiger partial charge on any atom is -0.392 e. The Morgan fingerprint density at radius 3 is 2.58 bits per heavy atom. The molecule has 70 valence electrons. The van der Waals surface area contributed by atoms with Gasteiger partial charge in [0, 0.05) is 0 Å². The summed E-state index contributed by atoms with van der Waals surface area (Å²) in [6, 6.07) is 0. The van der Waals surface area contributed by atoms with Crippen molar-refractivity contribution in [3.05, 3.63) is 24.3 Å². The summed E-state index contributed by atoms with van der Waals surface area (Å²) >= 11 is 0. The van der Waals surface area contributed by atoms with Crippen LogP contribution in [0.1, 0.15) is 20.3 Å². The van der Waals surface area contributed by atoms with Crippen molar-refractivity contribution in [2.75, 3.05) is 6.61 Å². The number of hydrogen-bond acceptors (Lipinski definition) is 2. The molecule has 0 aromatic heterocycles. The average molecular weight is 170 g/mol. The highest BCUT2D eigenvalue weighted by Gasteiger charge is 2.08. The standard InChI is InChI=1S/C10H18O2/c1-4-9(3)10(12)6-5-8(2)7-11/h4-5,9-12H,1,6-7H2,2-3H3. The van der Waals surface area contributed by atoms with Gasteiger partial charge in [-0.1, -0.05) is 24.6 Å². The van der Waals surface area contributed by atoms with Crippen LogP contribution < -0.4 is 0 Å². The molecule has 2 heteroatoms. The highest BCUT2D eigenvalue weighted by molar-refractivity contribution is 4.99. The zero-order chi connectivity index (χ0) is 9.56. The molecular weight excluding hydrogens is 152 g/mol. The van der Waals surface area contributed by atoms with Crippen molar-refractivity contribution in [1.29, 1.82) is 0 Å². The highest BCUT2D eigenvalue weighted by atomic mass is 16.3. The van der Waals surface area contributed by atoms with Crippen molar-refractivity contribution >= 4 is 0 Å². The lowest BCUT2D eigenvalue weighted by Crippen LogP contribution is -2.14. The minimum absolute atomic E-state index is 0.0647. The smallest absolute Gasteiger partial charge is 0.0639 e. The van der Waals surface area contributed by atoms with Gasteiger partial charge in [-0.15, -0.1) is 6.58 Å². The predicted octanol–water partition coefficient (Wildman–Crippen LogP) is 1.50. The van der Waals surface area contributed by atoms with Gasteiger partial charge in [-0.25, -0.2) is 0 Å². The second kappa shape index (κ2) is 5.98. The van der Waals surface area contributed by atoms with E-state index in [-0.39, 0.29) is 18.6 Å².